The van der Waals surface area contributed by atoms with Gasteiger partial charge < -0.3 is 10.6 Å². The first-order valence-electron chi connectivity index (χ1n) is 6.27. The average Bonchev–Trinajstić information content (AvgIpc) is 2.84. The van der Waals surface area contributed by atoms with Crippen LogP contribution in [0.1, 0.15) is 19.3 Å². The zero-order valence-electron chi connectivity index (χ0n) is 10.1. The predicted octanol–water partition coefficient (Wildman–Crippen LogP) is 1.81. The van der Waals surface area contributed by atoms with Gasteiger partial charge in [0.1, 0.15) is 0 Å². The quantitative estimate of drug-likeness (QED) is 0.919. The molecule has 1 saturated heterocycles. The van der Waals surface area contributed by atoms with Gasteiger partial charge in [0.25, 0.3) is 0 Å². The lowest BCUT2D eigenvalue weighted by Gasteiger charge is -2.33. The maximum atomic E-state index is 5.84. The predicted molar refractivity (Wildman–Crippen MR) is 74.7 cm³/mol. The molecule has 0 saturated carbocycles. The van der Waals surface area contributed by atoms with Crippen molar-refractivity contribution in [2.75, 3.05) is 18.0 Å². The summed E-state index contributed by atoms with van der Waals surface area (Å²) in [5, 5.41) is 4.54. The minimum atomic E-state index is 0.370. The van der Waals surface area contributed by atoms with Gasteiger partial charge in [0.05, 0.1) is 4.47 Å². The van der Waals surface area contributed by atoms with Crippen LogP contribution in [0.15, 0.2) is 22.8 Å². The minimum Gasteiger partial charge on any atom is -0.335 e. The molecule has 5 nitrogen and oxygen atoms in total. The molecule has 6 heteroatoms. The molecule has 18 heavy (non-hydrogen) atoms. The molecule has 2 N–H and O–H groups in total. The molecule has 0 bridgehead atoms. The molecule has 2 aromatic heterocycles. The molecule has 0 spiro atoms. The summed E-state index contributed by atoms with van der Waals surface area (Å²) in [4.78, 5) is 6.85. The summed E-state index contributed by atoms with van der Waals surface area (Å²) in [5.41, 5.74) is 6.70. The summed E-state index contributed by atoms with van der Waals surface area (Å²) < 4.78 is 2.77. The van der Waals surface area contributed by atoms with Crippen LogP contribution in [-0.4, -0.2) is 33.7 Å². The summed E-state index contributed by atoms with van der Waals surface area (Å²) in [6.07, 6.45) is 5.48. The highest BCUT2D eigenvalue weighted by Gasteiger charge is 2.24. The highest BCUT2D eigenvalue weighted by molar-refractivity contribution is 9.10. The molecule has 1 fully saturated rings. The zero-order chi connectivity index (χ0) is 12.5. The van der Waals surface area contributed by atoms with Crippen LogP contribution in [0.2, 0.25) is 0 Å². The SMILES string of the molecule is NCC1CCCCN1c1nc2c(Br)cccn2n1. The number of hydrogen-bond acceptors (Lipinski definition) is 4. The zero-order valence-corrected chi connectivity index (χ0v) is 11.7. The van der Waals surface area contributed by atoms with Crippen molar-refractivity contribution < 1.29 is 0 Å². The molecule has 0 aromatic carbocycles. The van der Waals surface area contributed by atoms with Crippen molar-refractivity contribution in [3.05, 3.63) is 22.8 Å². The molecule has 1 aliphatic heterocycles. The van der Waals surface area contributed by atoms with E-state index < -0.39 is 0 Å². The molecule has 3 rings (SSSR count). The van der Waals surface area contributed by atoms with E-state index in [9.17, 15) is 0 Å². The van der Waals surface area contributed by atoms with Crippen molar-refractivity contribution in [1.29, 1.82) is 0 Å². The van der Waals surface area contributed by atoms with Gasteiger partial charge in [0.2, 0.25) is 5.95 Å². The van der Waals surface area contributed by atoms with E-state index in [0.29, 0.717) is 12.6 Å². The average molecular weight is 310 g/mol. The van der Waals surface area contributed by atoms with Gasteiger partial charge in [-0.25, -0.2) is 4.52 Å². The summed E-state index contributed by atoms with van der Waals surface area (Å²) in [6.45, 7) is 1.66. The fourth-order valence-corrected chi connectivity index (χ4v) is 2.92. The highest BCUT2D eigenvalue weighted by atomic mass is 79.9. The first-order chi connectivity index (χ1) is 8.79. The van der Waals surface area contributed by atoms with Crippen molar-refractivity contribution in [3.8, 4) is 0 Å². The van der Waals surface area contributed by atoms with Gasteiger partial charge in [-0.05, 0) is 47.3 Å². The van der Waals surface area contributed by atoms with Gasteiger partial charge in [0.15, 0.2) is 5.65 Å². The van der Waals surface area contributed by atoms with E-state index in [1.165, 1.54) is 12.8 Å². The maximum Gasteiger partial charge on any atom is 0.246 e. The Balaban J connectivity index is 2.00. The number of nitrogens with two attached hydrogens (primary N) is 1. The van der Waals surface area contributed by atoms with E-state index in [4.69, 9.17) is 5.73 Å². The monoisotopic (exact) mass is 309 g/mol. The number of piperidine rings is 1. The van der Waals surface area contributed by atoms with Crippen LogP contribution in [0, 0.1) is 0 Å². The van der Waals surface area contributed by atoms with Crippen molar-refractivity contribution in [2.45, 2.75) is 25.3 Å². The number of fused-ring (bicyclic) bond motifs is 1. The third-order valence-electron chi connectivity index (χ3n) is 3.46. The lowest BCUT2D eigenvalue weighted by Crippen LogP contribution is -2.44. The Kier molecular flexibility index (Phi) is 3.22. The maximum absolute atomic E-state index is 5.84. The molecule has 0 aliphatic carbocycles. The molecule has 1 atom stereocenters. The fourth-order valence-electron chi connectivity index (χ4n) is 2.49. The third-order valence-corrected chi connectivity index (χ3v) is 4.08. The van der Waals surface area contributed by atoms with Crippen molar-refractivity contribution in [3.63, 3.8) is 0 Å². The van der Waals surface area contributed by atoms with Gasteiger partial charge in [0, 0.05) is 25.3 Å². The van der Waals surface area contributed by atoms with Crippen LogP contribution < -0.4 is 10.6 Å². The molecule has 96 valence electrons. The van der Waals surface area contributed by atoms with Crippen LogP contribution in [0.5, 0.6) is 0 Å². The molecule has 0 radical (unpaired) electrons. The number of halogens is 1. The number of hydrogen-bond donors (Lipinski definition) is 1. The van der Waals surface area contributed by atoms with E-state index in [2.05, 4.69) is 30.9 Å². The van der Waals surface area contributed by atoms with Gasteiger partial charge in [-0.3, -0.25) is 0 Å². The molecular formula is C12H16BrN5. The second-order valence-corrected chi connectivity index (χ2v) is 5.47. The van der Waals surface area contributed by atoms with Crippen LogP contribution in [-0.2, 0) is 0 Å². The second kappa shape index (κ2) is 4.85. The number of pyridine rings is 1. The molecule has 1 aliphatic rings. The smallest absolute Gasteiger partial charge is 0.246 e. The van der Waals surface area contributed by atoms with Crippen LogP contribution >= 0.6 is 15.9 Å². The van der Waals surface area contributed by atoms with Crippen molar-refractivity contribution in [2.24, 2.45) is 5.73 Å². The van der Waals surface area contributed by atoms with Crippen LogP contribution in [0.3, 0.4) is 0 Å². The van der Waals surface area contributed by atoms with Crippen LogP contribution in [0.25, 0.3) is 5.65 Å². The first kappa shape index (κ1) is 11.9. The molecule has 1 unspecified atom stereocenters. The largest absolute Gasteiger partial charge is 0.335 e. The minimum absolute atomic E-state index is 0.370. The standard InChI is InChI=1S/C12H16BrN5/c13-10-5-3-7-18-11(10)15-12(16-18)17-6-2-1-4-9(17)8-14/h3,5,7,9H,1-2,4,6,8,14H2. The van der Waals surface area contributed by atoms with Crippen LogP contribution in [0.4, 0.5) is 5.95 Å². The van der Waals surface area contributed by atoms with E-state index >= 15 is 0 Å². The number of aromatic nitrogens is 3. The topological polar surface area (TPSA) is 59.5 Å². The van der Waals surface area contributed by atoms with Gasteiger partial charge >= 0.3 is 0 Å². The van der Waals surface area contributed by atoms with Gasteiger partial charge in [-0.15, -0.1) is 5.10 Å². The number of nitrogens with zero attached hydrogens (tertiary/aromatic N) is 4. The second-order valence-electron chi connectivity index (χ2n) is 4.61. The van der Waals surface area contributed by atoms with Crippen molar-refractivity contribution in [1.82, 2.24) is 14.6 Å². The normalized spacial score (nSPS) is 20.6. The first-order valence-corrected chi connectivity index (χ1v) is 7.06. The molecular weight excluding hydrogens is 294 g/mol. The van der Waals surface area contributed by atoms with E-state index in [1.54, 1.807) is 0 Å². The Labute approximate surface area is 114 Å². The summed E-state index contributed by atoms with van der Waals surface area (Å²) in [5.74, 6) is 0.789. The molecule has 3 heterocycles. The Morgan fingerprint density at radius 3 is 3.11 bits per heavy atom. The lowest BCUT2D eigenvalue weighted by atomic mass is 10.0. The molecule has 0 amide bonds. The highest BCUT2D eigenvalue weighted by Crippen LogP contribution is 2.24. The molecule has 2 aromatic rings. The third kappa shape index (κ3) is 1.99. The van der Waals surface area contributed by atoms with E-state index in [-0.39, 0.29) is 0 Å². The fraction of sp³-hybridized carbons (Fsp3) is 0.500. The Morgan fingerprint density at radius 2 is 2.33 bits per heavy atom. The summed E-state index contributed by atoms with van der Waals surface area (Å²) in [6, 6.07) is 4.30. The Morgan fingerprint density at radius 1 is 1.44 bits per heavy atom. The lowest BCUT2D eigenvalue weighted by molar-refractivity contribution is 0.458. The van der Waals surface area contributed by atoms with E-state index in [1.807, 2.05) is 22.8 Å². The number of anilines is 1. The van der Waals surface area contributed by atoms with E-state index in [0.717, 1.165) is 29.0 Å². The number of rotatable bonds is 2. The van der Waals surface area contributed by atoms with Gasteiger partial charge in [-0.1, -0.05) is 0 Å². The Hall–Kier alpha value is -1.14. The van der Waals surface area contributed by atoms with Crippen molar-refractivity contribution >= 4 is 27.5 Å². The Bertz CT molecular complexity index is 552. The summed E-state index contributed by atoms with van der Waals surface area (Å²) >= 11 is 3.50. The van der Waals surface area contributed by atoms with Gasteiger partial charge in [-0.2, -0.15) is 4.98 Å². The summed E-state index contributed by atoms with van der Waals surface area (Å²) in [7, 11) is 0.